The van der Waals surface area contributed by atoms with Crippen molar-refractivity contribution in [1.29, 1.82) is 0 Å². The van der Waals surface area contributed by atoms with Crippen LogP contribution in [-0.4, -0.2) is 30.2 Å². The number of nitrogens with zero attached hydrogens (tertiary/aromatic N) is 2. The Kier molecular flexibility index (Phi) is 5.40. The van der Waals surface area contributed by atoms with Gasteiger partial charge in [-0.05, 0) is 54.8 Å². The van der Waals surface area contributed by atoms with Crippen LogP contribution in [0.4, 0.5) is 0 Å². The molecule has 1 aliphatic heterocycles. The minimum atomic E-state index is 0.217. The Morgan fingerprint density at radius 2 is 1.82 bits per heavy atom. The lowest BCUT2D eigenvalue weighted by Crippen LogP contribution is -2.30. The molecule has 3 aromatic rings. The first kappa shape index (κ1) is 18.6. The van der Waals surface area contributed by atoms with Crippen molar-refractivity contribution in [2.75, 3.05) is 20.8 Å². The quantitative estimate of drug-likeness (QED) is 0.639. The first-order valence-corrected chi connectivity index (χ1v) is 9.87. The van der Waals surface area contributed by atoms with Crippen molar-refractivity contribution < 1.29 is 9.47 Å². The van der Waals surface area contributed by atoms with E-state index in [1.165, 1.54) is 16.8 Å². The van der Waals surface area contributed by atoms with Crippen molar-refractivity contribution in [1.82, 2.24) is 9.47 Å². The highest BCUT2D eigenvalue weighted by molar-refractivity contribution is 5.41. The average Bonchev–Trinajstić information content (AvgIpc) is 3.10. The summed E-state index contributed by atoms with van der Waals surface area (Å²) in [6.45, 7) is 5.10. The normalized spacial score (nSPS) is 17.0. The van der Waals surface area contributed by atoms with E-state index in [-0.39, 0.29) is 6.04 Å². The Morgan fingerprint density at radius 3 is 2.61 bits per heavy atom. The second-order valence-corrected chi connectivity index (χ2v) is 7.39. The van der Waals surface area contributed by atoms with Crippen LogP contribution in [0, 0.1) is 6.92 Å². The van der Waals surface area contributed by atoms with E-state index in [1.807, 2.05) is 12.1 Å². The van der Waals surface area contributed by atoms with Crippen LogP contribution < -0.4 is 9.47 Å². The number of hydrogen-bond donors (Lipinski definition) is 0. The summed E-state index contributed by atoms with van der Waals surface area (Å²) in [6.07, 6.45) is 3.33. The fourth-order valence-corrected chi connectivity index (χ4v) is 4.28. The molecule has 2 heterocycles. The van der Waals surface area contributed by atoms with E-state index in [2.05, 4.69) is 65.1 Å². The molecular weight excluding hydrogens is 348 g/mol. The predicted molar refractivity (Wildman–Crippen MR) is 112 cm³/mol. The first-order chi connectivity index (χ1) is 13.7. The number of ether oxygens (including phenoxy) is 2. The van der Waals surface area contributed by atoms with Crippen molar-refractivity contribution in [2.45, 2.75) is 32.5 Å². The average molecular weight is 377 g/mol. The highest BCUT2D eigenvalue weighted by atomic mass is 16.5. The smallest absolute Gasteiger partial charge is 0.123 e. The van der Waals surface area contributed by atoms with Gasteiger partial charge in [0.2, 0.25) is 0 Å². The number of aromatic nitrogens is 1. The van der Waals surface area contributed by atoms with Crippen molar-refractivity contribution in [2.24, 2.45) is 0 Å². The molecule has 28 heavy (non-hydrogen) atoms. The molecule has 0 aliphatic carbocycles. The third-order valence-electron chi connectivity index (χ3n) is 5.70. The lowest BCUT2D eigenvalue weighted by Gasteiger charge is -2.32. The first-order valence-electron chi connectivity index (χ1n) is 9.87. The maximum Gasteiger partial charge on any atom is 0.123 e. The molecular formula is C24H28N2O2. The van der Waals surface area contributed by atoms with Crippen LogP contribution >= 0.6 is 0 Å². The van der Waals surface area contributed by atoms with Crippen molar-refractivity contribution in [3.05, 3.63) is 83.2 Å². The van der Waals surface area contributed by atoms with Gasteiger partial charge in [-0.15, -0.1) is 0 Å². The van der Waals surface area contributed by atoms with Crippen LogP contribution in [0.2, 0.25) is 0 Å². The summed E-state index contributed by atoms with van der Waals surface area (Å²) in [5.74, 6) is 1.77. The van der Waals surface area contributed by atoms with Gasteiger partial charge in [0, 0.05) is 37.1 Å². The summed E-state index contributed by atoms with van der Waals surface area (Å²) in [7, 11) is 3.44. The highest BCUT2D eigenvalue weighted by Gasteiger charge is 2.29. The lowest BCUT2D eigenvalue weighted by atomic mass is 9.96. The van der Waals surface area contributed by atoms with Gasteiger partial charge in [0.15, 0.2) is 0 Å². The molecule has 0 bridgehead atoms. The second-order valence-electron chi connectivity index (χ2n) is 7.39. The Bertz CT molecular complexity index is 947. The minimum absolute atomic E-state index is 0.217. The summed E-state index contributed by atoms with van der Waals surface area (Å²) in [5.41, 5.74) is 5.20. The Hall–Kier alpha value is -2.72. The highest BCUT2D eigenvalue weighted by Crippen LogP contribution is 2.36. The topological polar surface area (TPSA) is 26.6 Å². The van der Waals surface area contributed by atoms with Gasteiger partial charge in [-0.3, -0.25) is 4.90 Å². The molecule has 1 aromatic heterocycles. The Balaban J connectivity index is 1.78. The zero-order chi connectivity index (χ0) is 19.5. The van der Waals surface area contributed by atoms with E-state index in [0.29, 0.717) is 0 Å². The van der Waals surface area contributed by atoms with Crippen LogP contribution in [-0.2, 0) is 13.1 Å². The van der Waals surface area contributed by atoms with E-state index in [9.17, 15) is 0 Å². The SMILES string of the molecule is COc1ccc(OC)c(CN2CCCn3cccc3C2c2ccccc2C)c1. The largest absolute Gasteiger partial charge is 0.497 e. The lowest BCUT2D eigenvalue weighted by molar-refractivity contribution is 0.216. The van der Waals surface area contributed by atoms with Gasteiger partial charge in [0.1, 0.15) is 11.5 Å². The molecule has 0 saturated heterocycles. The van der Waals surface area contributed by atoms with Gasteiger partial charge >= 0.3 is 0 Å². The second kappa shape index (κ2) is 8.11. The summed E-state index contributed by atoms with van der Waals surface area (Å²) in [4.78, 5) is 2.57. The van der Waals surface area contributed by atoms with Crippen LogP contribution in [0.25, 0.3) is 0 Å². The zero-order valence-corrected chi connectivity index (χ0v) is 16.9. The maximum atomic E-state index is 5.65. The van der Waals surface area contributed by atoms with Crippen molar-refractivity contribution >= 4 is 0 Å². The minimum Gasteiger partial charge on any atom is -0.497 e. The molecule has 1 aliphatic rings. The molecule has 2 aromatic carbocycles. The van der Waals surface area contributed by atoms with Crippen LogP contribution in [0.5, 0.6) is 11.5 Å². The molecule has 4 heteroatoms. The molecule has 4 rings (SSSR count). The Morgan fingerprint density at radius 1 is 0.964 bits per heavy atom. The molecule has 1 unspecified atom stereocenters. The molecule has 0 saturated carbocycles. The summed E-state index contributed by atoms with van der Waals surface area (Å²) >= 11 is 0. The fourth-order valence-electron chi connectivity index (χ4n) is 4.28. The molecule has 0 spiro atoms. The van der Waals surface area contributed by atoms with Gasteiger partial charge in [-0.1, -0.05) is 24.3 Å². The molecule has 0 amide bonds. The zero-order valence-electron chi connectivity index (χ0n) is 16.9. The van der Waals surface area contributed by atoms with Crippen LogP contribution in [0.15, 0.2) is 60.8 Å². The van der Waals surface area contributed by atoms with Gasteiger partial charge < -0.3 is 14.0 Å². The fraction of sp³-hybridized carbons (Fsp3) is 0.333. The monoisotopic (exact) mass is 376 g/mol. The van der Waals surface area contributed by atoms with Crippen LogP contribution in [0.1, 0.15) is 34.8 Å². The number of methoxy groups -OCH3 is 2. The van der Waals surface area contributed by atoms with Gasteiger partial charge in [-0.2, -0.15) is 0 Å². The third-order valence-corrected chi connectivity index (χ3v) is 5.70. The standard InChI is InChI=1S/C24H28N2O2/c1-18-8-4-5-9-21(18)24-22-10-6-13-25(22)14-7-15-26(24)17-19-16-20(27-2)11-12-23(19)28-3/h4-6,8-13,16,24H,7,14-15,17H2,1-3H3. The number of hydrogen-bond acceptors (Lipinski definition) is 3. The molecule has 0 N–H and O–H groups in total. The maximum absolute atomic E-state index is 5.65. The molecule has 0 fully saturated rings. The molecule has 1 atom stereocenters. The van der Waals surface area contributed by atoms with Crippen LogP contribution in [0.3, 0.4) is 0 Å². The third kappa shape index (κ3) is 3.52. The molecule has 0 radical (unpaired) electrons. The summed E-state index contributed by atoms with van der Waals surface area (Å²) in [6, 6.07) is 19.4. The molecule has 146 valence electrons. The summed E-state index contributed by atoms with van der Waals surface area (Å²) < 4.78 is 13.5. The Labute approximate surface area is 167 Å². The van der Waals surface area contributed by atoms with E-state index < -0.39 is 0 Å². The summed E-state index contributed by atoms with van der Waals surface area (Å²) in [5, 5.41) is 0. The number of fused-ring (bicyclic) bond motifs is 1. The van der Waals surface area contributed by atoms with Gasteiger partial charge in [0.25, 0.3) is 0 Å². The predicted octanol–water partition coefficient (Wildman–Crippen LogP) is 4.81. The van der Waals surface area contributed by atoms with Gasteiger partial charge in [-0.25, -0.2) is 0 Å². The van der Waals surface area contributed by atoms with Crippen molar-refractivity contribution in [3.63, 3.8) is 0 Å². The van der Waals surface area contributed by atoms with E-state index in [4.69, 9.17) is 9.47 Å². The van der Waals surface area contributed by atoms with Crippen molar-refractivity contribution in [3.8, 4) is 11.5 Å². The number of aryl methyl sites for hydroxylation is 2. The van der Waals surface area contributed by atoms with E-state index in [0.717, 1.165) is 43.1 Å². The molecule has 4 nitrogen and oxygen atoms in total. The van der Waals surface area contributed by atoms with E-state index in [1.54, 1.807) is 14.2 Å². The number of rotatable bonds is 5. The number of benzene rings is 2. The van der Waals surface area contributed by atoms with Gasteiger partial charge in [0.05, 0.1) is 20.3 Å². The van der Waals surface area contributed by atoms with E-state index >= 15 is 0 Å².